The highest BCUT2D eigenvalue weighted by Gasteiger charge is 2.29. The fourth-order valence-electron chi connectivity index (χ4n) is 3.75. The Balaban J connectivity index is 1.44. The number of hydrogen-bond donors (Lipinski definition) is 0. The molecular formula is C24H26N4O3. The molecule has 2 aromatic carbocycles. The van der Waals surface area contributed by atoms with Crippen molar-refractivity contribution in [2.75, 3.05) is 31.6 Å². The molecule has 7 heteroatoms. The number of ether oxygens (including phenoxy) is 2. The molecule has 1 amide bonds. The zero-order chi connectivity index (χ0) is 21.8. The van der Waals surface area contributed by atoms with Gasteiger partial charge in [0, 0.05) is 37.3 Å². The Morgan fingerprint density at radius 2 is 1.84 bits per heavy atom. The van der Waals surface area contributed by atoms with E-state index < -0.39 is 0 Å². The number of rotatable bonds is 5. The third kappa shape index (κ3) is 4.77. The molecule has 0 bridgehead atoms. The van der Waals surface area contributed by atoms with Crippen molar-refractivity contribution in [2.45, 2.75) is 19.9 Å². The zero-order valence-electron chi connectivity index (χ0n) is 18.0. The summed E-state index contributed by atoms with van der Waals surface area (Å²) in [5.41, 5.74) is 1.76. The van der Waals surface area contributed by atoms with Gasteiger partial charge in [0.05, 0.1) is 7.11 Å². The predicted molar refractivity (Wildman–Crippen MR) is 119 cm³/mol. The highest BCUT2D eigenvalue weighted by molar-refractivity contribution is 5.95. The molecule has 0 N–H and O–H groups in total. The van der Waals surface area contributed by atoms with E-state index in [0.29, 0.717) is 36.8 Å². The lowest BCUT2D eigenvalue weighted by molar-refractivity contribution is 0.0673. The van der Waals surface area contributed by atoms with Crippen LogP contribution in [0.3, 0.4) is 0 Å². The molecular weight excluding hydrogens is 392 g/mol. The Morgan fingerprint density at radius 3 is 2.61 bits per heavy atom. The zero-order valence-corrected chi connectivity index (χ0v) is 18.0. The maximum absolute atomic E-state index is 13.0. The summed E-state index contributed by atoms with van der Waals surface area (Å²) in [4.78, 5) is 25.7. The fourth-order valence-corrected chi connectivity index (χ4v) is 3.75. The quantitative estimate of drug-likeness (QED) is 0.625. The van der Waals surface area contributed by atoms with Crippen LogP contribution >= 0.6 is 0 Å². The molecule has 7 nitrogen and oxygen atoms in total. The summed E-state index contributed by atoms with van der Waals surface area (Å²) < 4.78 is 11.2. The van der Waals surface area contributed by atoms with Crippen molar-refractivity contribution in [1.82, 2.24) is 14.9 Å². The second-order valence-electron chi connectivity index (χ2n) is 7.66. The van der Waals surface area contributed by atoms with Crippen LogP contribution in [0, 0.1) is 6.92 Å². The minimum Gasteiger partial charge on any atom is -0.497 e. The summed E-state index contributed by atoms with van der Waals surface area (Å²) in [7, 11) is 1.60. The van der Waals surface area contributed by atoms with Crippen molar-refractivity contribution in [2.24, 2.45) is 0 Å². The van der Waals surface area contributed by atoms with E-state index in [1.165, 1.54) is 6.33 Å². The van der Waals surface area contributed by atoms with Crippen LogP contribution in [0.15, 0.2) is 60.9 Å². The molecule has 2 heterocycles. The summed E-state index contributed by atoms with van der Waals surface area (Å²) in [5, 5.41) is 0. The Bertz CT molecular complexity index is 1070. The third-order valence-corrected chi connectivity index (χ3v) is 5.37. The van der Waals surface area contributed by atoms with Gasteiger partial charge >= 0.3 is 0 Å². The summed E-state index contributed by atoms with van der Waals surface area (Å²) in [6, 6.07) is 17.0. The lowest BCUT2D eigenvalue weighted by Gasteiger charge is -2.40. The van der Waals surface area contributed by atoms with Crippen LogP contribution in [0.4, 0.5) is 5.82 Å². The van der Waals surface area contributed by atoms with Crippen molar-refractivity contribution in [3.05, 3.63) is 72.1 Å². The first kappa shape index (κ1) is 20.7. The molecule has 160 valence electrons. The van der Waals surface area contributed by atoms with E-state index in [4.69, 9.17) is 9.47 Å². The van der Waals surface area contributed by atoms with Crippen molar-refractivity contribution in [1.29, 1.82) is 0 Å². The number of aromatic nitrogens is 2. The lowest BCUT2D eigenvalue weighted by Crippen LogP contribution is -2.54. The summed E-state index contributed by atoms with van der Waals surface area (Å²) in [6.45, 7) is 6.04. The first-order chi connectivity index (χ1) is 15.0. The number of aryl methyl sites for hydroxylation is 1. The average Bonchev–Trinajstić information content (AvgIpc) is 2.79. The van der Waals surface area contributed by atoms with Crippen LogP contribution in [0.2, 0.25) is 0 Å². The average molecular weight is 418 g/mol. The number of methoxy groups -OCH3 is 1. The van der Waals surface area contributed by atoms with Crippen LogP contribution < -0.4 is 14.4 Å². The number of anilines is 1. The molecule has 0 aliphatic carbocycles. The summed E-state index contributed by atoms with van der Waals surface area (Å²) in [5.74, 6) is 2.72. The van der Waals surface area contributed by atoms with Gasteiger partial charge in [-0.25, -0.2) is 9.97 Å². The van der Waals surface area contributed by atoms with E-state index in [1.807, 2.05) is 60.4 Å². The maximum Gasteiger partial charge on any atom is 0.254 e. The first-order valence-corrected chi connectivity index (χ1v) is 10.3. The molecule has 0 radical (unpaired) electrons. The van der Waals surface area contributed by atoms with Gasteiger partial charge in [0.15, 0.2) is 0 Å². The normalized spacial score (nSPS) is 16.2. The van der Waals surface area contributed by atoms with E-state index in [0.717, 1.165) is 17.1 Å². The largest absolute Gasteiger partial charge is 0.497 e. The first-order valence-electron chi connectivity index (χ1n) is 10.3. The summed E-state index contributed by atoms with van der Waals surface area (Å²) in [6.07, 6.45) is 1.51. The number of hydrogen-bond acceptors (Lipinski definition) is 6. The minimum atomic E-state index is 0.0113. The number of carbonyl (C=O) groups is 1. The van der Waals surface area contributed by atoms with Crippen molar-refractivity contribution < 1.29 is 14.3 Å². The second-order valence-corrected chi connectivity index (χ2v) is 7.66. The van der Waals surface area contributed by atoms with E-state index >= 15 is 0 Å². The Morgan fingerprint density at radius 1 is 1.03 bits per heavy atom. The van der Waals surface area contributed by atoms with E-state index in [9.17, 15) is 4.79 Å². The Kier molecular flexibility index (Phi) is 6.02. The van der Waals surface area contributed by atoms with Gasteiger partial charge in [-0.2, -0.15) is 0 Å². The number of benzene rings is 2. The van der Waals surface area contributed by atoms with Gasteiger partial charge in [0.25, 0.3) is 5.91 Å². The molecule has 1 atom stereocenters. The molecule has 1 fully saturated rings. The van der Waals surface area contributed by atoms with Crippen molar-refractivity contribution >= 4 is 11.7 Å². The molecule has 0 unspecified atom stereocenters. The van der Waals surface area contributed by atoms with Gasteiger partial charge in [0.2, 0.25) is 5.88 Å². The van der Waals surface area contributed by atoms with Gasteiger partial charge in [0.1, 0.15) is 23.6 Å². The number of piperazine rings is 1. The smallest absolute Gasteiger partial charge is 0.254 e. The molecule has 0 spiro atoms. The fraction of sp³-hybridized carbons (Fsp3) is 0.292. The van der Waals surface area contributed by atoms with Gasteiger partial charge < -0.3 is 19.3 Å². The molecule has 3 aromatic rings. The van der Waals surface area contributed by atoms with E-state index in [2.05, 4.69) is 21.8 Å². The topological polar surface area (TPSA) is 67.8 Å². The number of amides is 1. The Labute approximate surface area is 182 Å². The van der Waals surface area contributed by atoms with Gasteiger partial charge in [-0.3, -0.25) is 4.79 Å². The molecule has 1 aliphatic heterocycles. The Hall–Kier alpha value is -3.61. The van der Waals surface area contributed by atoms with Crippen molar-refractivity contribution in [3.63, 3.8) is 0 Å². The van der Waals surface area contributed by atoms with Crippen molar-refractivity contribution in [3.8, 4) is 17.4 Å². The molecule has 1 saturated heterocycles. The van der Waals surface area contributed by atoms with Crippen LogP contribution in [0.25, 0.3) is 0 Å². The number of carbonyl (C=O) groups excluding carboxylic acids is 1. The van der Waals surface area contributed by atoms with Crippen LogP contribution in [0.1, 0.15) is 22.8 Å². The maximum atomic E-state index is 13.0. The monoisotopic (exact) mass is 418 g/mol. The highest BCUT2D eigenvalue weighted by atomic mass is 16.5. The summed E-state index contributed by atoms with van der Waals surface area (Å²) >= 11 is 0. The third-order valence-electron chi connectivity index (χ3n) is 5.37. The predicted octanol–water partition coefficient (Wildman–Crippen LogP) is 3.94. The minimum absolute atomic E-state index is 0.0113. The highest BCUT2D eigenvalue weighted by Crippen LogP contribution is 2.25. The molecule has 31 heavy (non-hydrogen) atoms. The van der Waals surface area contributed by atoms with Gasteiger partial charge in [-0.05, 0) is 49.7 Å². The molecule has 0 saturated carbocycles. The van der Waals surface area contributed by atoms with Gasteiger partial charge in [-0.15, -0.1) is 0 Å². The lowest BCUT2D eigenvalue weighted by atomic mass is 10.1. The van der Waals surface area contributed by atoms with Crippen LogP contribution in [-0.4, -0.2) is 53.6 Å². The number of nitrogens with zero attached hydrogens (tertiary/aromatic N) is 4. The molecule has 4 rings (SSSR count). The molecule has 1 aliphatic rings. The molecule has 1 aromatic heterocycles. The van der Waals surface area contributed by atoms with Crippen LogP contribution in [-0.2, 0) is 0 Å². The standard InChI is InChI=1S/C24H26N4O3/c1-17-6-4-9-21(12-17)31-23-14-22(25-16-26-23)27-10-11-28(18(2)15-27)24(29)19-7-5-8-20(13-19)30-3/h4-9,12-14,16,18H,10-11,15H2,1-3H3/t18-/m0/s1. The second kappa shape index (κ2) is 9.04. The van der Waals surface area contributed by atoms with E-state index in [1.54, 1.807) is 13.2 Å². The van der Waals surface area contributed by atoms with E-state index in [-0.39, 0.29) is 11.9 Å². The van der Waals surface area contributed by atoms with Gasteiger partial charge in [-0.1, -0.05) is 18.2 Å². The SMILES string of the molecule is COc1cccc(C(=O)N2CCN(c3cc(Oc4cccc(C)c4)ncn3)C[C@@H]2C)c1. The van der Waals surface area contributed by atoms with Crippen LogP contribution in [0.5, 0.6) is 17.4 Å².